The number of hydrogen-bond donors (Lipinski definition) is 4. The summed E-state index contributed by atoms with van der Waals surface area (Å²) in [7, 11) is 1.67. The Labute approximate surface area is 250 Å². The number of piperidine rings is 1. The highest BCUT2D eigenvalue weighted by atomic mass is 19.4. The number of nitrogens with one attached hydrogen (secondary N) is 4. The summed E-state index contributed by atoms with van der Waals surface area (Å²) in [6.45, 7) is 6.94. The molecule has 12 heteroatoms. The van der Waals surface area contributed by atoms with E-state index in [0.717, 1.165) is 68.3 Å². The van der Waals surface area contributed by atoms with Gasteiger partial charge in [-0.2, -0.15) is 13.2 Å². The lowest BCUT2D eigenvalue weighted by atomic mass is 9.88. The fraction of sp³-hybridized carbons (Fsp3) is 0.516. The van der Waals surface area contributed by atoms with Gasteiger partial charge in [-0.3, -0.25) is 19.9 Å². The Morgan fingerprint density at radius 1 is 0.977 bits per heavy atom. The molecule has 0 spiro atoms. The van der Waals surface area contributed by atoms with Crippen LogP contribution in [0.2, 0.25) is 0 Å². The van der Waals surface area contributed by atoms with E-state index >= 15 is 0 Å². The van der Waals surface area contributed by atoms with Crippen LogP contribution in [0.15, 0.2) is 71.4 Å². The van der Waals surface area contributed by atoms with E-state index in [0.29, 0.717) is 38.6 Å². The molecule has 5 heterocycles. The Kier molecular flexibility index (Phi) is 8.69. The summed E-state index contributed by atoms with van der Waals surface area (Å²) in [5.41, 5.74) is 3.83. The smallest absolute Gasteiger partial charge is 0.416 e. The lowest BCUT2D eigenvalue weighted by Gasteiger charge is -2.36. The molecule has 3 fully saturated rings. The van der Waals surface area contributed by atoms with E-state index in [1.54, 1.807) is 7.11 Å². The molecule has 0 bridgehead atoms. The van der Waals surface area contributed by atoms with Gasteiger partial charge < -0.3 is 25.6 Å². The maximum atomic E-state index is 13.3. The standard InChI is InChI=1S/C31H40F3N7O2/c1-43-27-7-4-22(17-35-27)20-39-10-8-23(9-11-39)24-16-26-28(36-18-24)38-29(37-26)30(42)41-14-12-40(13-15-41)19-21-2-5-25(6-3-21)31(32,33)34/h2-7,16,18,23,28-29,35-38H,8-15,17,19-20H2,1H3. The van der Waals surface area contributed by atoms with E-state index in [-0.39, 0.29) is 12.1 Å². The zero-order chi connectivity index (χ0) is 30.0. The van der Waals surface area contributed by atoms with Crippen LogP contribution in [0.25, 0.3) is 0 Å². The Morgan fingerprint density at radius 2 is 1.70 bits per heavy atom. The highest BCUT2D eigenvalue weighted by Gasteiger charge is 2.37. The van der Waals surface area contributed by atoms with Crippen molar-refractivity contribution in [1.82, 2.24) is 36.0 Å². The molecule has 2 unspecified atom stereocenters. The van der Waals surface area contributed by atoms with Crippen molar-refractivity contribution in [3.8, 4) is 0 Å². The van der Waals surface area contributed by atoms with Crippen LogP contribution in [-0.4, -0.2) is 92.4 Å². The van der Waals surface area contributed by atoms with E-state index in [1.807, 2.05) is 11.0 Å². The van der Waals surface area contributed by atoms with Crippen molar-refractivity contribution in [2.24, 2.45) is 5.92 Å². The van der Waals surface area contributed by atoms with Gasteiger partial charge in [0, 0.05) is 52.0 Å². The number of allylic oxidation sites excluding steroid dienone is 4. The number of alkyl halides is 3. The zero-order valence-corrected chi connectivity index (χ0v) is 24.4. The second-order valence-electron chi connectivity index (χ2n) is 11.8. The lowest BCUT2D eigenvalue weighted by molar-refractivity contribution is -0.137. The summed E-state index contributed by atoms with van der Waals surface area (Å²) in [6, 6.07) is 5.32. The maximum Gasteiger partial charge on any atom is 0.416 e. The molecule has 5 aliphatic rings. The predicted molar refractivity (Wildman–Crippen MR) is 157 cm³/mol. The molecular formula is C31H40F3N7O2. The van der Waals surface area contributed by atoms with Gasteiger partial charge in [0.15, 0.2) is 12.0 Å². The number of benzene rings is 1. The quantitative estimate of drug-likeness (QED) is 0.380. The first-order valence-corrected chi connectivity index (χ1v) is 15.0. The predicted octanol–water partition coefficient (Wildman–Crippen LogP) is 2.30. The number of carbonyl (C=O) groups excluding carboxylic acids is 1. The molecule has 0 aliphatic carbocycles. The van der Waals surface area contributed by atoms with Crippen molar-refractivity contribution in [3.63, 3.8) is 0 Å². The number of carbonyl (C=O) groups is 1. The van der Waals surface area contributed by atoms with Gasteiger partial charge in [0.25, 0.3) is 5.91 Å². The summed E-state index contributed by atoms with van der Waals surface area (Å²) in [5, 5.41) is 13.5. The molecule has 1 amide bonds. The maximum absolute atomic E-state index is 13.3. The Balaban J connectivity index is 0.948. The SMILES string of the molecule is COC1=CC=C(CN2CCC(C3=CNC4NC(C(=O)N5CCN(Cc6ccc(C(F)(F)F)cc6)CC5)NC4=C3)CC2)CN1. The first-order valence-electron chi connectivity index (χ1n) is 15.0. The normalized spacial score (nSPS) is 25.3. The van der Waals surface area contributed by atoms with Gasteiger partial charge in [-0.05, 0) is 72.8 Å². The number of nitrogens with zero attached hydrogens (tertiary/aromatic N) is 3. The topological polar surface area (TPSA) is 84.1 Å². The van der Waals surface area contributed by atoms with E-state index in [4.69, 9.17) is 4.74 Å². The first-order chi connectivity index (χ1) is 20.7. The minimum atomic E-state index is -4.33. The average molecular weight is 600 g/mol. The van der Waals surface area contributed by atoms with Gasteiger partial charge in [-0.15, -0.1) is 0 Å². The van der Waals surface area contributed by atoms with E-state index in [1.165, 1.54) is 23.3 Å². The molecule has 5 aliphatic heterocycles. The minimum Gasteiger partial charge on any atom is -0.483 e. The van der Waals surface area contributed by atoms with Crippen molar-refractivity contribution in [1.29, 1.82) is 0 Å². The number of likely N-dealkylation sites (tertiary alicyclic amines) is 1. The molecule has 0 saturated carbocycles. The number of methoxy groups -OCH3 is 1. The highest BCUT2D eigenvalue weighted by molar-refractivity contribution is 5.82. The Bertz CT molecular complexity index is 1290. The third-order valence-electron chi connectivity index (χ3n) is 8.98. The van der Waals surface area contributed by atoms with Crippen LogP contribution in [0, 0.1) is 5.92 Å². The van der Waals surface area contributed by atoms with Crippen LogP contribution in [0.1, 0.15) is 24.0 Å². The average Bonchev–Trinajstić information content (AvgIpc) is 3.45. The van der Waals surface area contributed by atoms with Crippen LogP contribution >= 0.6 is 0 Å². The Morgan fingerprint density at radius 3 is 2.35 bits per heavy atom. The summed E-state index contributed by atoms with van der Waals surface area (Å²) < 4.78 is 43.8. The molecule has 0 radical (unpaired) electrons. The molecule has 9 nitrogen and oxygen atoms in total. The van der Waals surface area contributed by atoms with E-state index in [9.17, 15) is 18.0 Å². The van der Waals surface area contributed by atoms with Crippen LogP contribution in [0.5, 0.6) is 0 Å². The molecule has 2 atom stereocenters. The molecule has 232 valence electrons. The van der Waals surface area contributed by atoms with Crippen LogP contribution in [0.4, 0.5) is 13.2 Å². The summed E-state index contributed by atoms with van der Waals surface area (Å²) >= 11 is 0. The summed E-state index contributed by atoms with van der Waals surface area (Å²) in [6.07, 6.45) is 5.68. The van der Waals surface area contributed by atoms with Crippen molar-refractivity contribution < 1.29 is 22.7 Å². The number of amides is 1. The van der Waals surface area contributed by atoms with Crippen LogP contribution in [-0.2, 0) is 22.3 Å². The van der Waals surface area contributed by atoms with Gasteiger partial charge in [-0.25, -0.2) is 0 Å². The molecule has 1 aromatic rings. The molecule has 6 rings (SSSR count). The molecule has 0 aromatic heterocycles. The number of rotatable bonds is 7. The number of ether oxygens (including phenoxy) is 1. The third-order valence-corrected chi connectivity index (χ3v) is 8.98. The second kappa shape index (κ2) is 12.6. The number of dihydropyridines is 2. The highest BCUT2D eigenvalue weighted by Crippen LogP contribution is 2.30. The molecule has 43 heavy (non-hydrogen) atoms. The largest absolute Gasteiger partial charge is 0.483 e. The number of hydrogen-bond acceptors (Lipinski definition) is 8. The van der Waals surface area contributed by atoms with Crippen molar-refractivity contribution in [2.75, 3.05) is 59.5 Å². The monoisotopic (exact) mass is 599 g/mol. The summed E-state index contributed by atoms with van der Waals surface area (Å²) in [5.74, 6) is 1.30. The van der Waals surface area contributed by atoms with Gasteiger partial charge in [-0.1, -0.05) is 18.2 Å². The Hall–Kier alpha value is -3.48. The fourth-order valence-corrected chi connectivity index (χ4v) is 6.42. The van der Waals surface area contributed by atoms with Crippen LogP contribution < -0.4 is 21.3 Å². The zero-order valence-electron chi connectivity index (χ0n) is 24.4. The van der Waals surface area contributed by atoms with Gasteiger partial charge in [0.1, 0.15) is 6.17 Å². The summed E-state index contributed by atoms with van der Waals surface area (Å²) in [4.78, 5) is 19.9. The van der Waals surface area contributed by atoms with Crippen molar-refractivity contribution in [2.45, 2.75) is 37.9 Å². The number of fused-ring (bicyclic) bond motifs is 1. The minimum absolute atomic E-state index is 0.0140. The van der Waals surface area contributed by atoms with Gasteiger partial charge in [0.2, 0.25) is 0 Å². The van der Waals surface area contributed by atoms with E-state index in [2.05, 4.69) is 49.4 Å². The lowest BCUT2D eigenvalue weighted by Crippen LogP contribution is -2.56. The molecule has 1 aromatic carbocycles. The second-order valence-corrected chi connectivity index (χ2v) is 11.8. The van der Waals surface area contributed by atoms with Gasteiger partial charge in [0.05, 0.1) is 18.4 Å². The van der Waals surface area contributed by atoms with Crippen LogP contribution in [0.3, 0.4) is 0 Å². The van der Waals surface area contributed by atoms with Crippen molar-refractivity contribution >= 4 is 5.91 Å². The van der Waals surface area contributed by atoms with Gasteiger partial charge >= 0.3 is 6.18 Å². The van der Waals surface area contributed by atoms with Crippen molar-refractivity contribution in [3.05, 3.63) is 82.5 Å². The number of halogens is 3. The third kappa shape index (κ3) is 7.02. The van der Waals surface area contributed by atoms with E-state index < -0.39 is 17.9 Å². The fourth-order valence-electron chi connectivity index (χ4n) is 6.42. The molecule has 3 saturated heterocycles. The molecule has 4 N–H and O–H groups in total. The number of piperazine rings is 1. The molecular weight excluding hydrogens is 559 g/mol. The first kappa shape index (κ1) is 29.6.